The van der Waals surface area contributed by atoms with Gasteiger partial charge in [-0.05, 0) is 12.8 Å². The fraction of sp³-hybridized carbons (Fsp3) is 0.500. The molecule has 0 saturated heterocycles. The predicted octanol–water partition coefficient (Wildman–Crippen LogP) is -0.195. The van der Waals surface area contributed by atoms with Gasteiger partial charge in [-0.3, -0.25) is 4.79 Å². The molecule has 0 aromatic carbocycles. The third-order valence-electron chi connectivity index (χ3n) is 2.13. The number of ketones is 1. The van der Waals surface area contributed by atoms with Crippen LogP contribution in [0.2, 0.25) is 0 Å². The fourth-order valence-corrected chi connectivity index (χ4v) is 1.96. The molecule has 90 valence electrons. The molecule has 16 heavy (non-hydrogen) atoms. The van der Waals surface area contributed by atoms with Crippen LogP contribution in [-0.2, 0) is 4.79 Å². The zero-order valence-corrected chi connectivity index (χ0v) is 9.98. The Hall–Kier alpha value is -1.14. The minimum Gasteiger partial charge on any atom is -0.385 e. The van der Waals surface area contributed by atoms with E-state index in [9.17, 15) is 4.79 Å². The van der Waals surface area contributed by atoms with Gasteiger partial charge in [0, 0.05) is 19.0 Å². The lowest BCUT2D eigenvalue weighted by Crippen LogP contribution is -2.22. The third-order valence-corrected chi connectivity index (χ3v) is 3.16. The molecule has 1 saturated carbocycles. The Labute approximate surface area is 99.5 Å². The van der Waals surface area contributed by atoms with Crippen LogP contribution in [0, 0.1) is 5.92 Å². The van der Waals surface area contributed by atoms with Gasteiger partial charge < -0.3 is 22.5 Å². The number of hydrogen-bond acceptors (Lipinski definition) is 6. The maximum atomic E-state index is 11.8. The topological polar surface area (TPSA) is 107 Å². The number of Topliss-reactive ketones (excluding diaryl/α,β-unsaturated/α-hetero) is 1. The highest BCUT2D eigenvalue weighted by Gasteiger charge is 2.33. The second-order valence-corrected chi connectivity index (χ2v) is 4.77. The van der Waals surface area contributed by atoms with Crippen LogP contribution in [0.3, 0.4) is 0 Å². The summed E-state index contributed by atoms with van der Waals surface area (Å²) in [5.41, 5.74) is 16.3. The lowest BCUT2D eigenvalue weighted by molar-refractivity contribution is -0.116. The summed E-state index contributed by atoms with van der Waals surface area (Å²) in [6.07, 6.45) is 1.86. The van der Waals surface area contributed by atoms with Crippen molar-refractivity contribution >= 4 is 17.5 Å². The molecule has 1 rings (SSSR count). The molecule has 0 aromatic rings. The summed E-state index contributed by atoms with van der Waals surface area (Å²) >= 11 is 1.19. The average Bonchev–Trinajstić information content (AvgIpc) is 3.05. The van der Waals surface area contributed by atoms with E-state index in [4.69, 9.17) is 17.2 Å². The molecule has 1 aliphatic carbocycles. The van der Waals surface area contributed by atoms with Crippen molar-refractivity contribution < 1.29 is 4.79 Å². The third kappa shape index (κ3) is 3.79. The first kappa shape index (κ1) is 12.9. The molecular weight excluding hydrogens is 224 g/mol. The smallest absolute Gasteiger partial charge is 0.176 e. The minimum absolute atomic E-state index is 0.0284. The molecule has 6 heteroatoms. The number of allylic oxidation sites excluding steroid dienone is 1. The quantitative estimate of drug-likeness (QED) is 0.461. The second kappa shape index (κ2) is 5.81. The minimum atomic E-state index is 0.0284. The highest BCUT2D eigenvalue weighted by atomic mass is 32.2. The SMILES string of the molecule is C=C(NCCN)SC(C(=O)C1CC1)=C(N)N. The number of carbonyl (C=O) groups is 1. The van der Waals surface area contributed by atoms with Crippen LogP contribution in [0.25, 0.3) is 0 Å². The fourth-order valence-electron chi connectivity index (χ4n) is 1.15. The number of rotatable bonds is 7. The van der Waals surface area contributed by atoms with Gasteiger partial charge in [0.1, 0.15) is 5.82 Å². The van der Waals surface area contributed by atoms with Crippen LogP contribution in [0.5, 0.6) is 0 Å². The zero-order chi connectivity index (χ0) is 12.1. The standard InChI is InChI=1S/C10H18N4OS/c1-6(14-5-4-11)16-9(10(12)13)8(15)7-2-3-7/h7,14H,1-5,11-13H2. The maximum Gasteiger partial charge on any atom is 0.176 e. The van der Waals surface area contributed by atoms with Crippen LogP contribution in [0.4, 0.5) is 0 Å². The summed E-state index contributed by atoms with van der Waals surface area (Å²) in [7, 11) is 0. The molecule has 1 fully saturated rings. The number of nitrogens with one attached hydrogen (secondary N) is 1. The van der Waals surface area contributed by atoms with Crippen molar-refractivity contribution in [3.05, 3.63) is 22.3 Å². The van der Waals surface area contributed by atoms with E-state index in [0.717, 1.165) is 12.8 Å². The molecule has 0 aliphatic heterocycles. The van der Waals surface area contributed by atoms with Crippen molar-refractivity contribution in [2.24, 2.45) is 23.1 Å². The van der Waals surface area contributed by atoms with E-state index in [0.29, 0.717) is 23.0 Å². The van der Waals surface area contributed by atoms with E-state index in [1.165, 1.54) is 11.8 Å². The summed E-state index contributed by atoms with van der Waals surface area (Å²) in [6.45, 7) is 4.89. The normalized spacial score (nSPS) is 14.3. The van der Waals surface area contributed by atoms with E-state index >= 15 is 0 Å². The largest absolute Gasteiger partial charge is 0.385 e. The molecule has 0 aromatic heterocycles. The van der Waals surface area contributed by atoms with Crippen LogP contribution in [0.15, 0.2) is 22.3 Å². The van der Waals surface area contributed by atoms with Crippen LogP contribution in [0.1, 0.15) is 12.8 Å². The molecule has 0 heterocycles. The molecule has 0 atom stereocenters. The molecule has 0 bridgehead atoms. The first-order valence-electron chi connectivity index (χ1n) is 5.16. The van der Waals surface area contributed by atoms with Crippen LogP contribution >= 0.6 is 11.8 Å². The zero-order valence-electron chi connectivity index (χ0n) is 9.16. The van der Waals surface area contributed by atoms with E-state index in [1.54, 1.807) is 0 Å². The van der Waals surface area contributed by atoms with Crippen LogP contribution in [-0.4, -0.2) is 18.9 Å². The summed E-state index contributed by atoms with van der Waals surface area (Å²) in [5.74, 6) is 0.199. The summed E-state index contributed by atoms with van der Waals surface area (Å²) in [6, 6.07) is 0. The maximum absolute atomic E-state index is 11.8. The first-order chi connectivity index (χ1) is 7.56. The molecule has 0 spiro atoms. The predicted molar refractivity (Wildman–Crippen MR) is 66.9 cm³/mol. The van der Waals surface area contributed by atoms with Gasteiger partial charge in [-0.2, -0.15) is 0 Å². The van der Waals surface area contributed by atoms with Gasteiger partial charge in [-0.1, -0.05) is 18.3 Å². The second-order valence-electron chi connectivity index (χ2n) is 3.66. The van der Waals surface area contributed by atoms with Crippen molar-refractivity contribution in [3.63, 3.8) is 0 Å². The highest BCUT2D eigenvalue weighted by Crippen LogP contribution is 2.36. The van der Waals surface area contributed by atoms with Crippen molar-refractivity contribution in [1.29, 1.82) is 0 Å². The van der Waals surface area contributed by atoms with Crippen LogP contribution < -0.4 is 22.5 Å². The lowest BCUT2D eigenvalue weighted by atomic mass is 10.2. The Morgan fingerprint density at radius 1 is 1.44 bits per heavy atom. The summed E-state index contributed by atoms with van der Waals surface area (Å²) in [5, 5.41) is 3.62. The van der Waals surface area contributed by atoms with Crippen molar-refractivity contribution in [1.82, 2.24) is 5.32 Å². The summed E-state index contributed by atoms with van der Waals surface area (Å²) < 4.78 is 0. The van der Waals surface area contributed by atoms with Gasteiger partial charge >= 0.3 is 0 Å². The van der Waals surface area contributed by atoms with Crippen molar-refractivity contribution in [2.45, 2.75) is 12.8 Å². The number of hydrogen-bond donors (Lipinski definition) is 4. The number of carbonyl (C=O) groups excluding carboxylic acids is 1. The van der Waals surface area contributed by atoms with Gasteiger partial charge in [0.2, 0.25) is 0 Å². The Morgan fingerprint density at radius 2 is 2.06 bits per heavy atom. The van der Waals surface area contributed by atoms with Gasteiger partial charge in [0.25, 0.3) is 0 Å². The van der Waals surface area contributed by atoms with Gasteiger partial charge in [0.15, 0.2) is 5.78 Å². The van der Waals surface area contributed by atoms with Crippen molar-refractivity contribution in [2.75, 3.05) is 13.1 Å². The van der Waals surface area contributed by atoms with E-state index in [1.807, 2.05) is 0 Å². The number of thioether (sulfide) groups is 1. The van der Waals surface area contributed by atoms with Crippen molar-refractivity contribution in [3.8, 4) is 0 Å². The Kier molecular flexibility index (Phi) is 4.70. The Bertz CT molecular complexity index is 319. The lowest BCUT2D eigenvalue weighted by Gasteiger charge is -2.11. The molecule has 0 unspecified atom stereocenters. The first-order valence-corrected chi connectivity index (χ1v) is 5.98. The molecule has 5 nitrogen and oxygen atoms in total. The molecule has 1 aliphatic rings. The van der Waals surface area contributed by atoms with E-state index in [-0.39, 0.29) is 17.5 Å². The molecular formula is C10H18N4OS. The van der Waals surface area contributed by atoms with E-state index in [2.05, 4.69) is 11.9 Å². The van der Waals surface area contributed by atoms with Gasteiger partial charge in [-0.25, -0.2) is 0 Å². The molecule has 7 N–H and O–H groups in total. The van der Waals surface area contributed by atoms with Gasteiger partial charge in [0.05, 0.1) is 9.93 Å². The molecule has 0 amide bonds. The number of nitrogens with two attached hydrogens (primary N) is 3. The summed E-state index contributed by atoms with van der Waals surface area (Å²) in [4.78, 5) is 12.2. The monoisotopic (exact) mass is 242 g/mol. The van der Waals surface area contributed by atoms with E-state index < -0.39 is 0 Å². The van der Waals surface area contributed by atoms with Gasteiger partial charge in [-0.15, -0.1) is 0 Å². The highest BCUT2D eigenvalue weighted by molar-refractivity contribution is 8.07. The Balaban J connectivity index is 2.55. The Morgan fingerprint density at radius 3 is 2.50 bits per heavy atom. The molecule has 0 radical (unpaired) electrons. The average molecular weight is 242 g/mol.